The summed E-state index contributed by atoms with van der Waals surface area (Å²) in [4.78, 5) is 9.08. The van der Waals surface area contributed by atoms with Crippen molar-refractivity contribution in [2.45, 2.75) is 110 Å². The van der Waals surface area contributed by atoms with Crippen LogP contribution in [-0.4, -0.2) is 4.98 Å². The third-order valence-corrected chi connectivity index (χ3v) is 11.4. The van der Waals surface area contributed by atoms with E-state index in [0.29, 0.717) is 11.8 Å². The number of aromatic nitrogens is 1. The molecule has 0 saturated heterocycles. The average molecular weight is 851 g/mol. The predicted molar refractivity (Wildman–Crippen MR) is 211 cm³/mol. The summed E-state index contributed by atoms with van der Waals surface area (Å²) < 4.78 is 0. The van der Waals surface area contributed by atoms with E-state index in [1.54, 1.807) is 11.8 Å². The number of fused-ring (bicyclic) bond motifs is 4. The third kappa shape index (κ3) is 6.49. The van der Waals surface area contributed by atoms with Crippen molar-refractivity contribution in [1.82, 2.24) is 4.98 Å². The monoisotopic (exact) mass is 851 g/mol. The fourth-order valence-electron chi connectivity index (χ4n) is 8.23. The predicted octanol–water partition coefficient (Wildman–Crippen LogP) is 12.7. The molecule has 4 aromatic carbocycles. The number of hydrogen-bond acceptors (Lipinski definition) is 3. The van der Waals surface area contributed by atoms with E-state index in [2.05, 4.69) is 145 Å². The summed E-state index contributed by atoms with van der Waals surface area (Å²) in [6, 6.07) is 37.1. The van der Waals surface area contributed by atoms with Crippen LogP contribution in [-0.2, 0) is 36.4 Å². The zero-order valence-corrected chi connectivity index (χ0v) is 34.4. The second kappa shape index (κ2) is 13.7. The first-order valence-electron chi connectivity index (χ1n) is 18.4. The molecule has 0 saturated carbocycles. The Morgan fingerprint density at radius 1 is 0.706 bits per heavy atom. The van der Waals surface area contributed by atoms with E-state index >= 15 is 0 Å². The van der Waals surface area contributed by atoms with Crippen molar-refractivity contribution in [3.63, 3.8) is 0 Å². The quantitative estimate of drug-likeness (QED) is 0.168. The Kier molecular flexibility index (Phi) is 9.94. The Labute approximate surface area is 320 Å². The summed E-state index contributed by atoms with van der Waals surface area (Å²) in [6.45, 7) is 26.1. The molecule has 0 amide bonds. The van der Waals surface area contributed by atoms with Crippen LogP contribution in [0.4, 0.5) is 22.7 Å². The normalized spacial score (nSPS) is 17.2. The summed E-state index contributed by atoms with van der Waals surface area (Å²) in [5, 5.41) is 0. The van der Waals surface area contributed by atoms with Gasteiger partial charge in [0.25, 0.3) is 0 Å². The van der Waals surface area contributed by atoms with Crippen LogP contribution in [0.25, 0.3) is 11.3 Å². The molecule has 8 rings (SSSR count). The van der Waals surface area contributed by atoms with Crippen LogP contribution in [0.2, 0.25) is 0 Å². The Hall–Kier alpha value is -3.72. The number of hydrogen-bond donors (Lipinski definition) is 0. The zero-order chi connectivity index (χ0) is 35.6. The molecule has 0 fully saturated rings. The van der Waals surface area contributed by atoms with Crippen LogP contribution >= 0.6 is 0 Å². The molecule has 2 aliphatic heterocycles. The van der Waals surface area contributed by atoms with Crippen LogP contribution in [0.3, 0.4) is 0 Å². The van der Waals surface area contributed by atoms with Crippen molar-refractivity contribution in [2.24, 2.45) is 0 Å². The van der Waals surface area contributed by atoms with E-state index in [1.165, 1.54) is 63.4 Å². The van der Waals surface area contributed by atoms with E-state index in [-0.39, 0.29) is 36.4 Å². The van der Waals surface area contributed by atoms with Gasteiger partial charge in [-0.15, -0.1) is 59.3 Å². The molecule has 3 aliphatic rings. The molecule has 4 heteroatoms. The number of pyridine rings is 1. The molecule has 3 nitrogen and oxygen atoms in total. The molecule has 51 heavy (non-hydrogen) atoms. The van der Waals surface area contributed by atoms with Crippen LogP contribution in [0.5, 0.6) is 0 Å². The van der Waals surface area contributed by atoms with Gasteiger partial charge < -0.3 is 14.8 Å². The molecule has 0 atom stereocenters. The number of anilines is 4. The molecule has 0 unspecified atom stereocenters. The third-order valence-electron chi connectivity index (χ3n) is 11.4. The standard InChI is InChI=1S/C36H44N2.C11H8N.Ir/c1-22(2)24-18-25(23(3)4)20-26(19-24)37-21-38-29-15-14-27-31(35(7,8)17-16-34(27,5)6)32(29)36(9,10)28-12-11-13-30(37)33(28)38;1-2-6-10(7-3-1)11-8-4-5-9-12-11;/h11-14,18-23H,16-17H2,1-10H3;1-6,8-9H;/q-2;-1;+3. The van der Waals surface area contributed by atoms with Gasteiger partial charge in [0, 0.05) is 23.3 Å². The van der Waals surface area contributed by atoms with Crippen LogP contribution in [0.1, 0.15) is 127 Å². The van der Waals surface area contributed by atoms with E-state index in [0.717, 1.165) is 11.3 Å². The summed E-state index contributed by atoms with van der Waals surface area (Å²) in [5.41, 5.74) is 16.0. The SMILES string of the molecule is CC(C)c1cc(C(C)C)cc(N2[CH-]N3c4[c-]cc5c(c4C(C)(C)c4cccc2c43)C(C)(C)CCC5(C)C)c1.[Ir+3].[c-]1ccccc1-c1ccccn1. The Bertz CT molecular complexity index is 1960. The maximum absolute atomic E-state index is 4.22. The van der Waals surface area contributed by atoms with Crippen LogP contribution in [0, 0.1) is 18.8 Å². The molecular weight excluding hydrogens is 799 g/mol. The number of benzene rings is 4. The second-order valence-corrected chi connectivity index (χ2v) is 16.9. The maximum atomic E-state index is 4.22. The van der Waals surface area contributed by atoms with Gasteiger partial charge in [0.1, 0.15) is 0 Å². The Morgan fingerprint density at radius 2 is 1.39 bits per heavy atom. The first-order valence-corrected chi connectivity index (χ1v) is 18.4. The Morgan fingerprint density at radius 3 is 2.02 bits per heavy atom. The van der Waals surface area contributed by atoms with E-state index in [4.69, 9.17) is 0 Å². The molecular formula is C47H52IrN3. The van der Waals surface area contributed by atoms with Crippen molar-refractivity contribution in [3.8, 4) is 11.3 Å². The molecule has 264 valence electrons. The minimum atomic E-state index is -0.115. The van der Waals surface area contributed by atoms with Gasteiger partial charge in [0.05, 0.1) is 0 Å². The summed E-state index contributed by atoms with van der Waals surface area (Å²) in [6.07, 6.45) is 4.22. The summed E-state index contributed by atoms with van der Waals surface area (Å²) >= 11 is 0. The molecule has 0 radical (unpaired) electrons. The largest absolute Gasteiger partial charge is 3.00 e. The smallest absolute Gasteiger partial charge is 0.493 e. The van der Waals surface area contributed by atoms with E-state index in [9.17, 15) is 0 Å². The minimum absolute atomic E-state index is 0. The molecule has 5 aromatic rings. The zero-order valence-electron chi connectivity index (χ0n) is 32.0. The summed E-state index contributed by atoms with van der Waals surface area (Å²) in [5.74, 6) is 0.968. The molecule has 0 bridgehead atoms. The molecule has 3 heterocycles. The van der Waals surface area contributed by atoms with E-state index in [1.807, 2.05) is 42.5 Å². The van der Waals surface area contributed by atoms with Gasteiger partial charge in [-0.3, -0.25) is 0 Å². The van der Waals surface area contributed by atoms with E-state index < -0.39 is 0 Å². The Balaban J connectivity index is 0.000000291. The van der Waals surface area contributed by atoms with Crippen molar-refractivity contribution >= 4 is 22.7 Å². The van der Waals surface area contributed by atoms with Gasteiger partial charge in [-0.05, 0) is 75.7 Å². The second-order valence-electron chi connectivity index (χ2n) is 16.9. The van der Waals surface area contributed by atoms with Gasteiger partial charge in [-0.25, -0.2) is 0 Å². The van der Waals surface area contributed by atoms with Gasteiger partial charge in [0.2, 0.25) is 0 Å². The number of rotatable bonds is 4. The average Bonchev–Trinajstić information content (AvgIpc) is 3.50. The van der Waals surface area contributed by atoms with Crippen molar-refractivity contribution in [1.29, 1.82) is 0 Å². The fourth-order valence-corrected chi connectivity index (χ4v) is 8.23. The van der Waals surface area contributed by atoms with Crippen LogP contribution < -0.4 is 9.80 Å². The van der Waals surface area contributed by atoms with Crippen molar-refractivity contribution in [2.75, 3.05) is 9.80 Å². The minimum Gasteiger partial charge on any atom is -0.493 e. The molecule has 0 spiro atoms. The molecule has 0 N–H and O–H groups in total. The van der Waals surface area contributed by atoms with Crippen molar-refractivity contribution in [3.05, 3.63) is 143 Å². The van der Waals surface area contributed by atoms with Gasteiger partial charge in [-0.2, -0.15) is 12.1 Å². The fraction of sp³-hybridized carbons (Fsp3) is 0.362. The molecule has 1 aromatic heterocycles. The van der Waals surface area contributed by atoms with Gasteiger partial charge in [0.15, 0.2) is 0 Å². The van der Waals surface area contributed by atoms with Crippen molar-refractivity contribution < 1.29 is 20.1 Å². The van der Waals surface area contributed by atoms with Crippen LogP contribution in [0.15, 0.2) is 91.1 Å². The number of para-hydroxylation sites is 1. The maximum Gasteiger partial charge on any atom is 3.00 e. The first-order chi connectivity index (χ1) is 23.7. The van der Waals surface area contributed by atoms with Gasteiger partial charge in [-0.1, -0.05) is 117 Å². The topological polar surface area (TPSA) is 19.4 Å². The van der Waals surface area contributed by atoms with Gasteiger partial charge >= 0.3 is 20.1 Å². The molecule has 1 aliphatic carbocycles. The summed E-state index contributed by atoms with van der Waals surface area (Å²) in [7, 11) is 0. The number of nitrogens with zero attached hydrogens (tertiary/aromatic N) is 3. The first kappa shape index (κ1) is 37.0.